The summed E-state index contributed by atoms with van der Waals surface area (Å²) >= 11 is 0. The third-order valence-corrected chi connectivity index (χ3v) is 2.66. The molecule has 11 heavy (non-hydrogen) atoms. The second-order valence-electron chi connectivity index (χ2n) is 3.40. The van der Waals surface area contributed by atoms with Crippen molar-refractivity contribution < 1.29 is 0 Å². The second kappa shape index (κ2) is 2.29. The lowest BCUT2D eigenvalue weighted by molar-refractivity contribution is 0.675. The van der Waals surface area contributed by atoms with E-state index in [1.807, 2.05) is 0 Å². The molecule has 60 valence electrons. The molecule has 0 aliphatic heterocycles. The fraction of sp³-hybridized carbons (Fsp3) is 0.556. The maximum absolute atomic E-state index is 5.83. The molecule has 0 atom stereocenters. The van der Waals surface area contributed by atoms with Gasteiger partial charge in [-0.1, -0.05) is 5.57 Å². The molecule has 0 bridgehead atoms. The second-order valence-corrected chi connectivity index (χ2v) is 3.40. The third-order valence-electron chi connectivity index (χ3n) is 2.66. The van der Waals surface area contributed by atoms with Crippen molar-refractivity contribution in [1.82, 2.24) is 0 Å². The molecule has 0 unspecified atom stereocenters. The molecule has 4 N–H and O–H groups in total. The van der Waals surface area contributed by atoms with E-state index in [4.69, 9.17) is 11.5 Å². The quantitative estimate of drug-likeness (QED) is 0.548. The first-order valence-corrected chi connectivity index (χ1v) is 4.24. The summed E-state index contributed by atoms with van der Waals surface area (Å²) in [4.78, 5) is 0. The molecule has 0 saturated heterocycles. The highest BCUT2D eigenvalue weighted by atomic mass is 14.7. The summed E-state index contributed by atoms with van der Waals surface area (Å²) in [6, 6.07) is 0. The van der Waals surface area contributed by atoms with Gasteiger partial charge in [-0.3, -0.25) is 0 Å². The van der Waals surface area contributed by atoms with Crippen molar-refractivity contribution in [2.45, 2.75) is 32.1 Å². The highest BCUT2D eigenvalue weighted by molar-refractivity contribution is 5.45. The van der Waals surface area contributed by atoms with Crippen LogP contribution in [0.1, 0.15) is 32.1 Å². The summed E-state index contributed by atoms with van der Waals surface area (Å²) in [5.41, 5.74) is 16.2. The summed E-state index contributed by atoms with van der Waals surface area (Å²) < 4.78 is 0. The zero-order valence-corrected chi connectivity index (χ0v) is 6.69. The minimum absolute atomic E-state index is 0.889. The van der Waals surface area contributed by atoms with Crippen LogP contribution in [-0.4, -0.2) is 0 Å². The molecule has 0 radical (unpaired) electrons. The lowest BCUT2D eigenvalue weighted by Gasteiger charge is -2.13. The molecule has 0 heterocycles. The maximum Gasteiger partial charge on any atom is 0.0540 e. The highest BCUT2D eigenvalue weighted by Crippen LogP contribution is 2.36. The maximum atomic E-state index is 5.83. The van der Waals surface area contributed by atoms with Gasteiger partial charge in [0.15, 0.2) is 0 Å². The van der Waals surface area contributed by atoms with E-state index in [9.17, 15) is 0 Å². The highest BCUT2D eigenvalue weighted by Gasteiger charge is 2.22. The van der Waals surface area contributed by atoms with Crippen LogP contribution in [0.5, 0.6) is 0 Å². The molecular weight excluding hydrogens is 136 g/mol. The normalized spacial score (nSPS) is 24.4. The minimum Gasteiger partial charge on any atom is -0.400 e. The standard InChI is InChI=1S/C9H14N2/c10-8-5-6-3-1-2-4-7(6)9(8)11/h1-5,10-11H2. The van der Waals surface area contributed by atoms with E-state index in [-0.39, 0.29) is 0 Å². The van der Waals surface area contributed by atoms with E-state index in [0.29, 0.717) is 0 Å². The molecule has 0 aromatic heterocycles. The van der Waals surface area contributed by atoms with Crippen LogP contribution >= 0.6 is 0 Å². The van der Waals surface area contributed by atoms with Crippen LogP contribution in [0.25, 0.3) is 0 Å². The Balaban J connectivity index is 2.31. The van der Waals surface area contributed by atoms with Gasteiger partial charge in [0.1, 0.15) is 0 Å². The molecule has 0 spiro atoms. The number of allylic oxidation sites excluding steroid dienone is 2. The molecular formula is C9H14N2. The van der Waals surface area contributed by atoms with Crippen LogP contribution in [-0.2, 0) is 0 Å². The first kappa shape index (κ1) is 6.77. The zero-order valence-electron chi connectivity index (χ0n) is 6.69. The van der Waals surface area contributed by atoms with Gasteiger partial charge in [-0.2, -0.15) is 0 Å². The number of nitrogens with two attached hydrogens (primary N) is 2. The van der Waals surface area contributed by atoms with Crippen LogP contribution in [0, 0.1) is 0 Å². The van der Waals surface area contributed by atoms with Gasteiger partial charge in [0.25, 0.3) is 0 Å². The van der Waals surface area contributed by atoms with Gasteiger partial charge < -0.3 is 11.5 Å². The zero-order chi connectivity index (χ0) is 7.84. The predicted octanol–water partition coefficient (Wildman–Crippen LogP) is 1.39. The summed E-state index contributed by atoms with van der Waals surface area (Å²) in [6.07, 6.45) is 5.92. The van der Waals surface area contributed by atoms with Gasteiger partial charge in [0.2, 0.25) is 0 Å². The SMILES string of the molecule is NC1=C(N)C2=C(CCCC2)C1. The Hall–Kier alpha value is -0.920. The number of rotatable bonds is 0. The number of hydrogen-bond acceptors (Lipinski definition) is 2. The Kier molecular flexibility index (Phi) is 1.41. The summed E-state index contributed by atoms with van der Waals surface area (Å²) in [5, 5.41) is 0. The van der Waals surface area contributed by atoms with Crippen LogP contribution in [0.15, 0.2) is 22.5 Å². The van der Waals surface area contributed by atoms with Crippen molar-refractivity contribution in [3.05, 3.63) is 22.5 Å². The Bertz CT molecular complexity index is 248. The molecule has 2 heteroatoms. The third kappa shape index (κ3) is 0.934. The van der Waals surface area contributed by atoms with Gasteiger partial charge >= 0.3 is 0 Å². The van der Waals surface area contributed by atoms with Gasteiger partial charge in [0.05, 0.1) is 5.70 Å². The fourth-order valence-electron chi connectivity index (χ4n) is 2.01. The predicted molar refractivity (Wildman–Crippen MR) is 45.5 cm³/mol. The smallest absolute Gasteiger partial charge is 0.0540 e. The molecule has 0 amide bonds. The van der Waals surface area contributed by atoms with Crippen molar-refractivity contribution >= 4 is 0 Å². The molecule has 2 nitrogen and oxygen atoms in total. The van der Waals surface area contributed by atoms with E-state index >= 15 is 0 Å². The van der Waals surface area contributed by atoms with Gasteiger partial charge in [0, 0.05) is 12.1 Å². The molecule has 0 fully saturated rings. The van der Waals surface area contributed by atoms with Crippen LogP contribution < -0.4 is 11.5 Å². The average molecular weight is 150 g/mol. The molecule has 2 aliphatic carbocycles. The average Bonchev–Trinajstić information content (AvgIpc) is 2.30. The minimum atomic E-state index is 0.889. The monoisotopic (exact) mass is 150 g/mol. The topological polar surface area (TPSA) is 52.0 Å². The van der Waals surface area contributed by atoms with Crippen molar-refractivity contribution in [3.8, 4) is 0 Å². The van der Waals surface area contributed by atoms with Crippen LogP contribution in [0.2, 0.25) is 0 Å². The van der Waals surface area contributed by atoms with E-state index in [0.717, 1.165) is 24.2 Å². The first-order chi connectivity index (χ1) is 5.29. The molecule has 0 aromatic carbocycles. The molecule has 2 aliphatic rings. The van der Waals surface area contributed by atoms with E-state index < -0.39 is 0 Å². The van der Waals surface area contributed by atoms with Crippen molar-refractivity contribution in [2.24, 2.45) is 11.5 Å². The summed E-state index contributed by atoms with van der Waals surface area (Å²) in [6.45, 7) is 0. The summed E-state index contributed by atoms with van der Waals surface area (Å²) in [5.74, 6) is 0. The first-order valence-electron chi connectivity index (χ1n) is 4.24. The van der Waals surface area contributed by atoms with Gasteiger partial charge in [-0.15, -0.1) is 0 Å². The lowest BCUT2D eigenvalue weighted by atomic mass is 9.93. The van der Waals surface area contributed by atoms with Crippen LogP contribution in [0.3, 0.4) is 0 Å². The van der Waals surface area contributed by atoms with Crippen molar-refractivity contribution in [1.29, 1.82) is 0 Å². The Morgan fingerprint density at radius 2 is 1.73 bits per heavy atom. The van der Waals surface area contributed by atoms with Crippen molar-refractivity contribution in [2.75, 3.05) is 0 Å². The van der Waals surface area contributed by atoms with E-state index in [1.54, 1.807) is 0 Å². The van der Waals surface area contributed by atoms with E-state index in [2.05, 4.69) is 0 Å². The lowest BCUT2D eigenvalue weighted by Crippen LogP contribution is -2.07. The Morgan fingerprint density at radius 3 is 2.45 bits per heavy atom. The van der Waals surface area contributed by atoms with Crippen LogP contribution in [0.4, 0.5) is 0 Å². The Labute approximate surface area is 66.9 Å². The van der Waals surface area contributed by atoms with Gasteiger partial charge in [-0.25, -0.2) is 0 Å². The largest absolute Gasteiger partial charge is 0.400 e. The molecule has 0 aromatic rings. The van der Waals surface area contributed by atoms with Crippen molar-refractivity contribution in [3.63, 3.8) is 0 Å². The fourth-order valence-corrected chi connectivity index (χ4v) is 2.01. The number of hydrogen-bond donors (Lipinski definition) is 2. The summed E-state index contributed by atoms with van der Waals surface area (Å²) in [7, 11) is 0. The van der Waals surface area contributed by atoms with E-state index in [1.165, 1.54) is 30.4 Å². The molecule has 0 saturated carbocycles. The van der Waals surface area contributed by atoms with Gasteiger partial charge in [-0.05, 0) is 31.3 Å². The molecule has 2 rings (SSSR count). The Morgan fingerprint density at radius 1 is 1.00 bits per heavy atom.